The first kappa shape index (κ1) is 28.4. The Bertz CT molecular complexity index is 1720. The molecule has 0 amide bonds. The Morgan fingerprint density at radius 1 is 0.905 bits per heavy atom. The molecule has 0 saturated heterocycles. The summed E-state index contributed by atoms with van der Waals surface area (Å²) in [7, 11) is 0. The number of nitrogens with zero attached hydrogens (tertiary/aromatic N) is 5. The van der Waals surface area contributed by atoms with Gasteiger partial charge in [-0.15, -0.1) is 13.2 Å². The zero-order valence-corrected chi connectivity index (χ0v) is 22.0. The van der Waals surface area contributed by atoms with E-state index in [-0.39, 0.29) is 25.6 Å². The Morgan fingerprint density at radius 3 is 2.24 bits per heavy atom. The molecule has 0 radical (unpaired) electrons. The summed E-state index contributed by atoms with van der Waals surface area (Å²) >= 11 is 0. The molecule has 218 valence electrons. The molecule has 1 aliphatic rings. The fraction of sp³-hybridized carbons (Fsp3) is 0.214. The fourth-order valence-electron chi connectivity index (χ4n) is 4.42. The molecule has 3 aromatic carbocycles. The van der Waals surface area contributed by atoms with Crippen molar-refractivity contribution in [1.29, 1.82) is 0 Å². The minimum Gasteiger partial charge on any atom is -0.406 e. The third-order valence-electron chi connectivity index (χ3n) is 6.48. The van der Waals surface area contributed by atoms with Gasteiger partial charge in [-0.05, 0) is 47.0 Å². The molecular weight excluding hydrogens is 558 g/mol. The molecule has 2 heterocycles. The molecule has 3 N–H and O–H groups in total. The van der Waals surface area contributed by atoms with Gasteiger partial charge >= 0.3 is 17.7 Å². The number of alkyl halides is 3. The van der Waals surface area contributed by atoms with Crippen LogP contribution in [0.1, 0.15) is 16.7 Å². The van der Waals surface area contributed by atoms with E-state index in [1.54, 1.807) is 0 Å². The number of fused-ring (bicyclic) bond motifs is 1. The number of aromatic nitrogens is 3. The van der Waals surface area contributed by atoms with Crippen molar-refractivity contribution in [3.63, 3.8) is 0 Å². The van der Waals surface area contributed by atoms with Gasteiger partial charge in [0.2, 0.25) is 5.95 Å². The lowest BCUT2D eigenvalue weighted by molar-refractivity contribution is -0.274. The molecule has 0 unspecified atom stereocenters. The normalized spacial score (nSPS) is 13.0. The number of nitrogens with two attached hydrogens (primary N) is 1. The summed E-state index contributed by atoms with van der Waals surface area (Å²) in [6.07, 6.45) is -4.85. The second-order valence-corrected chi connectivity index (χ2v) is 9.44. The third-order valence-corrected chi connectivity index (χ3v) is 6.48. The molecule has 0 aliphatic carbocycles. The predicted octanol–water partition coefficient (Wildman–Crippen LogP) is 3.41. The number of benzene rings is 3. The number of ether oxygens (including phenoxy) is 1. The SMILES string of the molecule is NC1=Nc2ccccc2CN1CCNc1nc(=O)n(Cc2ccc(F)cc2)c(=O)n1Cc1ccc(OC(F)(F)F)cc1. The first-order chi connectivity index (χ1) is 20.1. The summed E-state index contributed by atoms with van der Waals surface area (Å²) in [5.41, 5.74) is 7.30. The number of guanidine groups is 1. The standard InChI is InChI=1S/C28H25F4N7O3/c29-21-9-5-18(6-10-21)16-39-26(40)36-25(34-13-14-37-17-20-3-1-2-4-23(20)35-24(37)33)38(27(39)41)15-19-7-11-22(12-8-19)42-28(30,31)32/h1-12H,13-17H2,(H2,33,35)(H,34,36,40). The van der Waals surface area contributed by atoms with Gasteiger partial charge in [-0.2, -0.15) is 4.98 Å². The topological polar surface area (TPSA) is 120 Å². The van der Waals surface area contributed by atoms with E-state index in [1.165, 1.54) is 41.0 Å². The number of anilines is 1. The second-order valence-electron chi connectivity index (χ2n) is 9.44. The lowest BCUT2D eigenvalue weighted by atomic mass is 10.1. The maximum absolute atomic E-state index is 13.5. The van der Waals surface area contributed by atoms with Crippen molar-refractivity contribution in [2.45, 2.75) is 26.0 Å². The Labute approximate surface area is 236 Å². The van der Waals surface area contributed by atoms with Gasteiger partial charge in [-0.3, -0.25) is 4.57 Å². The van der Waals surface area contributed by atoms with Crippen molar-refractivity contribution >= 4 is 17.6 Å². The molecule has 42 heavy (non-hydrogen) atoms. The van der Waals surface area contributed by atoms with E-state index in [4.69, 9.17) is 5.73 Å². The lowest BCUT2D eigenvalue weighted by Crippen LogP contribution is -2.44. The molecule has 1 aliphatic heterocycles. The van der Waals surface area contributed by atoms with Crippen molar-refractivity contribution in [2.24, 2.45) is 10.7 Å². The van der Waals surface area contributed by atoms with Gasteiger partial charge in [0.15, 0.2) is 5.96 Å². The summed E-state index contributed by atoms with van der Waals surface area (Å²) in [6.45, 7) is 0.819. The average molecular weight is 584 g/mol. The van der Waals surface area contributed by atoms with Crippen LogP contribution in [-0.4, -0.2) is 44.4 Å². The summed E-state index contributed by atoms with van der Waals surface area (Å²) in [5, 5.41) is 3.01. The smallest absolute Gasteiger partial charge is 0.406 e. The van der Waals surface area contributed by atoms with E-state index < -0.39 is 29.3 Å². The summed E-state index contributed by atoms with van der Waals surface area (Å²) in [5.74, 6) is -0.610. The van der Waals surface area contributed by atoms with Crippen LogP contribution in [0.2, 0.25) is 0 Å². The van der Waals surface area contributed by atoms with Crippen LogP contribution in [0.15, 0.2) is 87.4 Å². The molecule has 5 rings (SSSR count). The van der Waals surface area contributed by atoms with E-state index in [2.05, 4.69) is 20.0 Å². The highest BCUT2D eigenvalue weighted by molar-refractivity contribution is 5.83. The third kappa shape index (κ3) is 6.77. The zero-order valence-electron chi connectivity index (χ0n) is 22.0. The monoisotopic (exact) mass is 583 g/mol. The highest BCUT2D eigenvalue weighted by Crippen LogP contribution is 2.25. The highest BCUT2D eigenvalue weighted by Gasteiger charge is 2.31. The van der Waals surface area contributed by atoms with Crippen molar-refractivity contribution in [1.82, 2.24) is 19.0 Å². The predicted molar refractivity (Wildman–Crippen MR) is 147 cm³/mol. The van der Waals surface area contributed by atoms with Gasteiger partial charge in [-0.1, -0.05) is 42.5 Å². The molecule has 0 saturated carbocycles. The van der Waals surface area contributed by atoms with E-state index in [1.807, 2.05) is 29.2 Å². The number of hydrogen-bond acceptors (Lipinski definition) is 8. The Kier molecular flexibility index (Phi) is 7.95. The Morgan fingerprint density at radius 2 is 1.55 bits per heavy atom. The maximum atomic E-state index is 13.5. The average Bonchev–Trinajstić information content (AvgIpc) is 2.94. The van der Waals surface area contributed by atoms with Crippen LogP contribution in [0.3, 0.4) is 0 Å². The fourth-order valence-corrected chi connectivity index (χ4v) is 4.42. The number of hydrogen-bond donors (Lipinski definition) is 2. The van der Waals surface area contributed by atoms with Crippen LogP contribution < -0.4 is 27.2 Å². The minimum atomic E-state index is -4.85. The van der Waals surface area contributed by atoms with Crippen LogP contribution in [0.25, 0.3) is 0 Å². The van der Waals surface area contributed by atoms with Crippen molar-refractivity contribution in [2.75, 3.05) is 18.4 Å². The quantitative estimate of drug-likeness (QED) is 0.290. The Hall–Kier alpha value is -5.14. The molecular formula is C28H25F4N7O3. The molecule has 0 spiro atoms. The van der Waals surface area contributed by atoms with Gasteiger partial charge in [0.1, 0.15) is 11.6 Å². The highest BCUT2D eigenvalue weighted by atomic mass is 19.4. The van der Waals surface area contributed by atoms with Crippen LogP contribution in [0.5, 0.6) is 5.75 Å². The Balaban J connectivity index is 1.40. The summed E-state index contributed by atoms with van der Waals surface area (Å²) in [4.78, 5) is 36.8. The van der Waals surface area contributed by atoms with Crippen molar-refractivity contribution in [3.05, 3.63) is 116 Å². The van der Waals surface area contributed by atoms with E-state index in [9.17, 15) is 27.2 Å². The molecule has 10 nitrogen and oxygen atoms in total. The van der Waals surface area contributed by atoms with Crippen molar-refractivity contribution < 1.29 is 22.3 Å². The van der Waals surface area contributed by atoms with Crippen LogP contribution >= 0.6 is 0 Å². The van der Waals surface area contributed by atoms with E-state index >= 15 is 0 Å². The first-order valence-electron chi connectivity index (χ1n) is 12.8. The lowest BCUT2D eigenvalue weighted by Gasteiger charge is -2.28. The van der Waals surface area contributed by atoms with Crippen LogP contribution in [-0.2, 0) is 19.6 Å². The zero-order chi connectivity index (χ0) is 29.9. The number of para-hydroxylation sites is 1. The number of nitrogens with one attached hydrogen (secondary N) is 1. The van der Waals surface area contributed by atoms with Gasteiger partial charge in [-0.25, -0.2) is 23.5 Å². The summed E-state index contributed by atoms with van der Waals surface area (Å²) < 4.78 is 57.1. The molecule has 0 bridgehead atoms. The van der Waals surface area contributed by atoms with Crippen molar-refractivity contribution in [3.8, 4) is 5.75 Å². The minimum absolute atomic E-state index is 0.0381. The maximum Gasteiger partial charge on any atom is 0.573 e. The largest absolute Gasteiger partial charge is 0.573 e. The molecule has 4 aromatic rings. The number of rotatable bonds is 9. The molecule has 0 atom stereocenters. The van der Waals surface area contributed by atoms with Gasteiger partial charge < -0.3 is 20.7 Å². The van der Waals surface area contributed by atoms with Gasteiger partial charge in [0, 0.05) is 19.6 Å². The number of aliphatic imine (C=N–C) groups is 1. The van der Waals surface area contributed by atoms with Crippen LogP contribution in [0.4, 0.5) is 29.2 Å². The molecule has 0 fully saturated rings. The second kappa shape index (κ2) is 11.8. The summed E-state index contributed by atoms with van der Waals surface area (Å²) in [6, 6.07) is 17.9. The van der Waals surface area contributed by atoms with Gasteiger partial charge in [0.25, 0.3) is 0 Å². The van der Waals surface area contributed by atoms with Gasteiger partial charge in [0.05, 0.1) is 18.8 Å². The number of halogens is 4. The first-order valence-corrected chi connectivity index (χ1v) is 12.8. The van der Waals surface area contributed by atoms with E-state index in [0.717, 1.165) is 28.0 Å². The van der Waals surface area contributed by atoms with Crippen LogP contribution in [0, 0.1) is 5.82 Å². The van der Waals surface area contributed by atoms with E-state index in [0.29, 0.717) is 30.2 Å². The molecule has 14 heteroatoms. The molecule has 1 aromatic heterocycles.